The number of hydrogen-bond acceptors (Lipinski definition) is 2. The number of rotatable bonds is 0. The predicted molar refractivity (Wildman–Crippen MR) is 42.0 cm³/mol. The van der Waals surface area contributed by atoms with Crippen LogP contribution < -0.4 is 0 Å². The Bertz CT molecular complexity index is 27.5. The highest BCUT2D eigenvalue weighted by Gasteiger charge is 1.69. The van der Waals surface area contributed by atoms with Crippen LogP contribution in [0.2, 0.25) is 0 Å². The molecule has 0 rings (SSSR count). The molecule has 0 fully saturated rings. The Balaban J connectivity index is 0. The highest BCUT2D eigenvalue weighted by atomic mass is 31.1. The lowest BCUT2D eigenvalue weighted by Gasteiger charge is -1.80. The van der Waals surface area contributed by atoms with Crippen molar-refractivity contribution < 1.29 is 9.79 Å². The van der Waals surface area contributed by atoms with Crippen LogP contribution in [0.1, 0.15) is 0 Å². The van der Waals surface area contributed by atoms with E-state index in [1.165, 1.54) is 0 Å². The maximum atomic E-state index is 8.12. The van der Waals surface area contributed by atoms with E-state index in [4.69, 9.17) is 9.79 Å². The van der Waals surface area contributed by atoms with Crippen LogP contribution >= 0.6 is 16.3 Å². The lowest BCUT2D eigenvalue weighted by molar-refractivity contribution is 0.636. The van der Waals surface area contributed by atoms with Crippen molar-refractivity contribution in [1.82, 2.24) is 0 Å². The fraction of sp³-hybridized carbons (Fsp3) is 1.00. The molecule has 0 saturated heterocycles. The molecule has 2 N–H and O–H groups in total. The maximum absolute atomic E-state index is 8.12. The molecule has 0 unspecified atom stereocenters. The summed E-state index contributed by atoms with van der Waals surface area (Å²) in [4.78, 5) is 16.2. The van der Waals surface area contributed by atoms with Gasteiger partial charge >= 0.3 is 0 Å². The van der Waals surface area contributed by atoms with E-state index in [2.05, 4.69) is 0 Å². The van der Waals surface area contributed by atoms with E-state index >= 15 is 0 Å². The van der Waals surface area contributed by atoms with Crippen molar-refractivity contribution >= 4 is 16.3 Å². The summed E-state index contributed by atoms with van der Waals surface area (Å²) in [6.45, 7) is 7.15. The Kier molecular flexibility index (Phi) is 11.2. The molecule has 4 heteroatoms. The zero-order valence-electron chi connectivity index (χ0n) is 5.79. The summed E-state index contributed by atoms with van der Waals surface area (Å²) in [7, 11) is -1.24. The van der Waals surface area contributed by atoms with Crippen molar-refractivity contribution in [2.75, 3.05) is 26.7 Å². The Labute approximate surface area is 53.6 Å². The van der Waals surface area contributed by atoms with Crippen LogP contribution in [0.15, 0.2) is 0 Å². The van der Waals surface area contributed by atoms with Gasteiger partial charge in [-0.3, -0.25) is 0 Å². The predicted octanol–water partition coefficient (Wildman–Crippen LogP) is 1.27. The summed E-state index contributed by atoms with van der Waals surface area (Å²) in [6.07, 6.45) is 0. The van der Waals surface area contributed by atoms with Gasteiger partial charge in [0.1, 0.15) is 0 Å². The van der Waals surface area contributed by atoms with E-state index in [-0.39, 0.29) is 0 Å². The molecule has 52 valence electrons. The molecule has 0 spiro atoms. The van der Waals surface area contributed by atoms with Crippen molar-refractivity contribution in [2.24, 2.45) is 0 Å². The monoisotopic (exact) mass is 156 g/mol. The smallest absolute Gasteiger partial charge is 0.0187 e. The lowest BCUT2D eigenvalue weighted by atomic mass is 11.9. The van der Waals surface area contributed by atoms with E-state index in [0.717, 1.165) is 0 Å². The van der Waals surface area contributed by atoms with Gasteiger partial charge in [0, 0.05) is 16.3 Å². The quantitative estimate of drug-likeness (QED) is 0.518. The Morgan fingerprint density at radius 2 is 0.750 bits per heavy atom. The second kappa shape index (κ2) is 7.78. The van der Waals surface area contributed by atoms with E-state index in [9.17, 15) is 0 Å². The minimum Gasteiger partial charge on any atom is -0.374 e. The largest absolute Gasteiger partial charge is 0.374 e. The molecule has 0 bridgehead atoms. The molecule has 8 heavy (non-hydrogen) atoms. The summed E-state index contributed by atoms with van der Waals surface area (Å²) >= 11 is 0. The molecule has 0 amide bonds. The molecule has 0 atom stereocenters. The average molecular weight is 156 g/mol. The van der Waals surface area contributed by atoms with Gasteiger partial charge in [0.25, 0.3) is 0 Å². The molecule has 0 aliphatic heterocycles. The highest BCUT2D eigenvalue weighted by Crippen LogP contribution is 2.14. The summed E-state index contributed by atoms with van der Waals surface area (Å²) < 4.78 is 0. The van der Waals surface area contributed by atoms with Gasteiger partial charge in [-0.1, -0.05) is 0 Å². The molecule has 0 saturated carbocycles. The molecule has 2 nitrogen and oxygen atoms in total. The first-order chi connectivity index (χ1) is 3.46. The van der Waals surface area contributed by atoms with E-state index in [1.54, 1.807) is 26.7 Å². The molecule has 0 aliphatic carbocycles. The zero-order valence-corrected chi connectivity index (χ0v) is 7.58. The van der Waals surface area contributed by atoms with Gasteiger partial charge in [-0.05, 0) is 26.7 Å². The van der Waals surface area contributed by atoms with Gasteiger partial charge in [0.2, 0.25) is 0 Å². The van der Waals surface area contributed by atoms with Gasteiger partial charge < -0.3 is 9.79 Å². The Morgan fingerprint density at radius 3 is 0.750 bits per heavy atom. The van der Waals surface area contributed by atoms with Gasteiger partial charge in [-0.15, -0.1) is 0 Å². The highest BCUT2D eigenvalue weighted by molar-refractivity contribution is 7.49. The molecule has 0 radical (unpaired) electrons. The molecule has 0 aromatic heterocycles. The third-order valence-corrected chi connectivity index (χ3v) is 0. The van der Waals surface area contributed by atoms with Crippen LogP contribution in [0, 0.1) is 0 Å². The topological polar surface area (TPSA) is 40.5 Å². The van der Waals surface area contributed by atoms with E-state index in [1.807, 2.05) is 0 Å². The normalized spacial score (nSPS) is 9.00. The SMILES string of the molecule is CP(C)O.CP(C)O. The molecule has 0 aromatic rings. The first-order valence-electron chi connectivity index (χ1n) is 2.19. The molecular formula is C4H14O2P2. The van der Waals surface area contributed by atoms with Crippen molar-refractivity contribution in [1.29, 1.82) is 0 Å². The standard InChI is InChI=1S/2C2H7OP/c2*1-4(2)3/h2*3H,1-2H3. The Hall–Kier alpha value is 0.780. The van der Waals surface area contributed by atoms with Crippen LogP contribution in [0.25, 0.3) is 0 Å². The lowest BCUT2D eigenvalue weighted by Crippen LogP contribution is -1.50. The van der Waals surface area contributed by atoms with Gasteiger partial charge in [0.15, 0.2) is 0 Å². The summed E-state index contributed by atoms with van der Waals surface area (Å²) in [5.74, 6) is 0. The minimum atomic E-state index is -0.620. The molecule has 0 heterocycles. The first kappa shape index (κ1) is 11.6. The first-order valence-corrected chi connectivity index (χ1v) is 6.57. The molecular weight excluding hydrogens is 142 g/mol. The summed E-state index contributed by atoms with van der Waals surface area (Å²) in [5, 5.41) is 0. The Morgan fingerprint density at radius 1 is 0.750 bits per heavy atom. The summed E-state index contributed by atoms with van der Waals surface area (Å²) in [6, 6.07) is 0. The second-order valence-corrected chi connectivity index (χ2v) is 5.08. The fourth-order valence-corrected chi connectivity index (χ4v) is 0. The maximum Gasteiger partial charge on any atom is 0.0187 e. The third kappa shape index (κ3) is 372. The van der Waals surface area contributed by atoms with Crippen LogP contribution in [0.5, 0.6) is 0 Å². The van der Waals surface area contributed by atoms with Crippen molar-refractivity contribution in [3.05, 3.63) is 0 Å². The zero-order chi connectivity index (χ0) is 7.15. The van der Waals surface area contributed by atoms with Crippen molar-refractivity contribution in [3.63, 3.8) is 0 Å². The second-order valence-electron chi connectivity index (χ2n) is 1.69. The number of hydrogen-bond donors (Lipinski definition) is 2. The van der Waals surface area contributed by atoms with Crippen LogP contribution in [-0.4, -0.2) is 36.4 Å². The molecule has 0 aromatic carbocycles. The molecule has 0 aliphatic rings. The van der Waals surface area contributed by atoms with Gasteiger partial charge in [0.05, 0.1) is 0 Å². The third-order valence-electron chi connectivity index (χ3n) is 0. The van der Waals surface area contributed by atoms with Crippen molar-refractivity contribution in [2.45, 2.75) is 0 Å². The van der Waals surface area contributed by atoms with Gasteiger partial charge in [-0.2, -0.15) is 0 Å². The van der Waals surface area contributed by atoms with Gasteiger partial charge in [-0.25, -0.2) is 0 Å². The van der Waals surface area contributed by atoms with E-state index in [0.29, 0.717) is 0 Å². The summed E-state index contributed by atoms with van der Waals surface area (Å²) in [5.41, 5.74) is 0. The van der Waals surface area contributed by atoms with E-state index < -0.39 is 16.3 Å². The van der Waals surface area contributed by atoms with Crippen molar-refractivity contribution in [3.8, 4) is 0 Å². The van der Waals surface area contributed by atoms with Crippen LogP contribution in [0.4, 0.5) is 0 Å². The minimum absolute atomic E-state index is 0.620. The van der Waals surface area contributed by atoms with Crippen LogP contribution in [-0.2, 0) is 0 Å². The average Bonchev–Trinajstić information content (AvgIpc) is 1.25. The van der Waals surface area contributed by atoms with Crippen LogP contribution in [0.3, 0.4) is 0 Å². The fourth-order valence-electron chi connectivity index (χ4n) is 0.